The Hall–Kier alpha value is -2.24. The Kier molecular flexibility index (Phi) is 5.11. The summed E-state index contributed by atoms with van der Waals surface area (Å²) in [6.07, 6.45) is 1.91. The molecule has 6 heteroatoms. The number of carbonyl (C=O) groups excluding carboxylic acids is 2. The van der Waals surface area contributed by atoms with Gasteiger partial charge in [0.1, 0.15) is 11.9 Å². The van der Waals surface area contributed by atoms with Crippen LogP contribution < -0.4 is 0 Å². The summed E-state index contributed by atoms with van der Waals surface area (Å²) in [7, 11) is 0. The van der Waals surface area contributed by atoms with Crippen molar-refractivity contribution in [3.8, 4) is 0 Å². The number of rotatable bonds is 3. The van der Waals surface area contributed by atoms with Gasteiger partial charge in [-0.25, -0.2) is 4.79 Å². The van der Waals surface area contributed by atoms with Crippen molar-refractivity contribution < 1.29 is 19.2 Å². The number of hydrogen-bond acceptors (Lipinski definition) is 5. The van der Waals surface area contributed by atoms with E-state index in [0.29, 0.717) is 23.7 Å². The van der Waals surface area contributed by atoms with Crippen LogP contribution in [0.3, 0.4) is 0 Å². The van der Waals surface area contributed by atoms with Gasteiger partial charge in [-0.15, -0.1) is 0 Å². The second-order valence-corrected chi connectivity index (χ2v) is 9.36. The molecular formula is C22H29NO5. The summed E-state index contributed by atoms with van der Waals surface area (Å²) < 4.78 is 5.86. The van der Waals surface area contributed by atoms with E-state index in [0.717, 1.165) is 12.8 Å². The first-order valence-corrected chi connectivity index (χ1v) is 9.96. The molecule has 152 valence electrons. The second kappa shape index (κ2) is 6.98. The smallest absolute Gasteiger partial charge is 0.338 e. The molecule has 0 spiro atoms. The highest BCUT2D eigenvalue weighted by atomic mass is 16.6. The molecule has 0 N–H and O–H groups in total. The maximum atomic E-state index is 12.6. The van der Waals surface area contributed by atoms with E-state index in [4.69, 9.17) is 4.74 Å². The van der Waals surface area contributed by atoms with Crippen LogP contribution in [-0.4, -0.2) is 22.8 Å². The molecule has 2 saturated carbocycles. The molecular weight excluding hydrogens is 358 g/mol. The fourth-order valence-corrected chi connectivity index (χ4v) is 5.47. The van der Waals surface area contributed by atoms with E-state index in [1.165, 1.54) is 24.3 Å². The van der Waals surface area contributed by atoms with Gasteiger partial charge in [0.15, 0.2) is 0 Å². The Balaban J connectivity index is 1.80. The average Bonchev–Trinajstić information content (AvgIpc) is 2.65. The Bertz CT molecular complexity index is 800. The van der Waals surface area contributed by atoms with E-state index >= 15 is 0 Å². The van der Waals surface area contributed by atoms with E-state index in [-0.39, 0.29) is 34.5 Å². The van der Waals surface area contributed by atoms with Gasteiger partial charge in [-0.1, -0.05) is 34.6 Å². The molecule has 1 aromatic carbocycles. The molecule has 5 atom stereocenters. The summed E-state index contributed by atoms with van der Waals surface area (Å²) in [5, 5.41) is 10.8. The Labute approximate surface area is 165 Å². The third-order valence-electron chi connectivity index (χ3n) is 7.74. The predicted octanol–water partition coefficient (Wildman–Crippen LogP) is 4.81. The van der Waals surface area contributed by atoms with Crippen molar-refractivity contribution in [1.82, 2.24) is 0 Å². The van der Waals surface area contributed by atoms with Crippen molar-refractivity contribution >= 4 is 17.4 Å². The van der Waals surface area contributed by atoms with Crippen LogP contribution in [0.5, 0.6) is 0 Å². The van der Waals surface area contributed by atoms with Crippen LogP contribution in [0.2, 0.25) is 0 Å². The lowest BCUT2D eigenvalue weighted by Gasteiger charge is -2.59. The molecule has 1 aromatic rings. The zero-order chi connectivity index (χ0) is 20.9. The lowest BCUT2D eigenvalue weighted by Crippen LogP contribution is -2.58. The number of Topliss-reactive ketones (excluding diaryl/α,β-unsaturated/α-hetero) is 1. The van der Waals surface area contributed by atoms with E-state index in [1.807, 2.05) is 6.92 Å². The van der Waals surface area contributed by atoms with Gasteiger partial charge in [0.2, 0.25) is 0 Å². The van der Waals surface area contributed by atoms with Gasteiger partial charge >= 0.3 is 5.97 Å². The van der Waals surface area contributed by atoms with Crippen LogP contribution in [0.15, 0.2) is 24.3 Å². The number of hydrogen-bond donors (Lipinski definition) is 0. The van der Waals surface area contributed by atoms with Gasteiger partial charge in [0, 0.05) is 29.9 Å². The van der Waals surface area contributed by atoms with Crippen molar-refractivity contribution in [3.05, 3.63) is 39.9 Å². The molecule has 28 heavy (non-hydrogen) atoms. The number of nitro benzene ring substituents is 1. The number of nitro groups is 1. The molecule has 0 aromatic heterocycles. The average molecular weight is 387 g/mol. The highest BCUT2D eigenvalue weighted by Crippen LogP contribution is 2.60. The highest BCUT2D eigenvalue weighted by molar-refractivity contribution is 5.89. The lowest BCUT2D eigenvalue weighted by atomic mass is 9.46. The Morgan fingerprint density at radius 2 is 1.79 bits per heavy atom. The monoisotopic (exact) mass is 387 g/mol. The van der Waals surface area contributed by atoms with Gasteiger partial charge in [0.05, 0.1) is 10.5 Å². The third-order valence-corrected chi connectivity index (χ3v) is 7.74. The van der Waals surface area contributed by atoms with Gasteiger partial charge in [0.25, 0.3) is 5.69 Å². The zero-order valence-corrected chi connectivity index (χ0v) is 17.2. The fourth-order valence-electron chi connectivity index (χ4n) is 5.47. The van der Waals surface area contributed by atoms with Crippen molar-refractivity contribution in [2.24, 2.45) is 28.6 Å². The normalized spacial score (nSPS) is 34.4. The number of carbonyl (C=O) groups is 2. The zero-order valence-electron chi connectivity index (χ0n) is 17.2. The molecule has 0 radical (unpaired) electrons. The molecule has 6 nitrogen and oxygen atoms in total. The number of nitrogens with zero attached hydrogens (tertiary/aromatic N) is 1. The van der Waals surface area contributed by atoms with Crippen LogP contribution in [-0.2, 0) is 9.53 Å². The molecule has 2 aliphatic rings. The predicted molar refractivity (Wildman–Crippen MR) is 105 cm³/mol. The van der Waals surface area contributed by atoms with E-state index in [2.05, 4.69) is 27.7 Å². The minimum atomic E-state index is -0.498. The van der Waals surface area contributed by atoms with Crippen molar-refractivity contribution in [2.45, 2.75) is 60.0 Å². The molecule has 0 saturated heterocycles. The molecule has 0 unspecified atom stereocenters. The second-order valence-electron chi connectivity index (χ2n) is 9.36. The largest absolute Gasteiger partial charge is 0.458 e. The van der Waals surface area contributed by atoms with Crippen LogP contribution >= 0.6 is 0 Å². The Morgan fingerprint density at radius 3 is 2.36 bits per heavy atom. The summed E-state index contributed by atoms with van der Waals surface area (Å²) >= 11 is 0. The molecule has 2 fully saturated rings. The number of non-ortho nitro benzene ring substituents is 1. The highest BCUT2D eigenvalue weighted by Gasteiger charge is 2.58. The number of fused-ring (bicyclic) bond motifs is 1. The summed E-state index contributed by atoms with van der Waals surface area (Å²) in [4.78, 5) is 35.5. The van der Waals surface area contributed by atoms with E-state index in [1.54, 1.807) is 0 Å². The number of ketones is 1. The quantitative estimate of drug-likeness (QED) is 0.422. The van der Waals surface area contributed by atoms with Crippen LogP contribution in [0.1, 0.15) is 64.2 Å². The van der Waals surface area contributed by atoms with Gasteiger partial charge < -0.3 is 4.74 Å². The Morgan fingerprint density at radius 1 is 1.18 bits per heavy atom. The van der Waals surface area contributed by atoms with Crippen molar-refractivity contribution in [3.63, 3.8) is 0 Å². The van der Waals surface area contributed by atoms with Gasteiger partial charge in [-0.3, -0.25) is 14.9 Å². The van der Waals surface area contributed by atoms with E-state index in [9.17, 15) is 19.7 Å². The lowest BCUT2D eigenvalue weighted by molar-refractivity contribution is -0.384. The summed E-state index contributed by atoms with van der Waals surface area (Å²) in [6, 6.07) is 5.47. The molecule has 2 aliphatic carbocycles. The van der Waals surface area contributed by atoms with Crippen LogP contribution in [0.25, 0.3) is 0 Å². The minimum Gasteiger partial charge on any atom is -0.458 e. The van der Waals surface area contributed by atoms with Crippen molar-refractivity contribution in [2.75, 3.05) is 0 Å². The van der Waals surface area contributed by atoms with E-state index < -0.39 is 10.9 Å². The number of benzene rings is 1. The third kappa shape index (κ3) is 3.23. The molecule has 0 heterocycles. The first-order chi connectivity index (χ1) is 13.0. The molecule has 3 rings (SSSR count). The SMILES string of the molecule is C[C@@H]1C(=O)C[C@@H]2C(C)(C)[C@H](OC(=O)c3ccc([N+](=O)[O-])cc3)CC[C@]2(C)[C@H]1C. The fraction of sp³-hybridized carbons (Fsp3) is 0.636. The minimum absolute atomic E-state index is 0.0487. The first-order valence-electron chi connectivity index (χ1n) is 9.96. The topological polar surface area (TPSA) is 86.5 Å². The number of ether oxygens (including phenoxy) is 1. The van der Waals surface area contributed by atoms with Gasteiger partial charge in [-0.05, 0) is 42.2 Å². The van der Waals surface area contributed by atoms with Gasteiger partial charge in [-0.2, -0.15) is 0 Å². The maximum Gasteiger partial charge on any atom is 0.338 e. The van der Waals surface area contributed by atoms with Crippen LogP contribution in [0.4, 0.5) is 5.69 Å². The summed E-state index contributed by atoms with van der Waals surface area (Å²) in [5.41, 5.74) is -0.0359. The maximum absolute atomic E-state index is 12.6. The standard InChI is InChI=1S/C22H29NO5/c1-13-14(2)22(5)11-10-19(21(3,4)18(22)12-17(13)24)28-20(25)15-6-8-16(9-7-15)23(26)27/h6-9,13-14,18-19H,10-12H2,1-5H3/t13-,14-,18+,19+,22+/m0/s1. The first kappa shape index (κ1) is 20.5. The van der Waals surface area contributed by atoms with Crippen molar-refractivity contribution in [1.29, 1.82) is 0 Å². The summed E-state index contributed by atoms with van der Waals surface area (Å²) in [5.74, 6) is 0.341. The summed E-state index contributed by atoms with van der Waals surface area (Å²) in [6.45, 7) is 10.7. The molecule has 0 bridgehead atoms. The number of esters is 1. The molecule has 0 aliphatic heterocycles. The molecule has 0 amide bonds. The van der Waals surface area contributed by atoms with Crippen LogP contribution in [0, 0.1) is 38.7 Å².